The first kappa shape index (κ1) is 11.4. The maximum atomic E-state index is 9.83. The Kier molecular flexibility index (Phi) is 2.53. The predicted molar refractivity (Wildman–Crippen MR) is 73.9 cm³/mol. The van der Waals surface area contributed by atoms with Gasteiger partial charge in [0.15, 0.2) is 0 Å². The van der Waals surface area contributed by atoms with E-state index in [9.17, 15) is 10.2 Å². The third kappa shape index (κ3) is 1.95. The lowest BCUT2D eigenvalue weighted by atomic mass is 10.00. The predicted octanol–water partition coefficient (Wildman–Crippen LogP) is 3.54. The first-order valence-corrected chi connectivity index (χ1v) is 5.85. The van der Waals surface area contributed by atoms with E-state index in [0.29, 0.717) is 22.6 Å². The van der Waals surface area contributed by atoms with E-state index in [1.54, 1.807) is 6.08 Å². The molecule has 0 aromatic heterocycles. The van der Waals surface area contributed by atoms with Crippen LogP contribution in [0.3, 0.4) is 0 Å². The molecule has 0 unspecified atom stereocenters. The minimum absolute atomic E-state index is 0.0386. The summed E-state index contributed by atoms with van der Waals surface area (Å²) in [5.41, 5.74) is 2.08. The van der Waals surface area contributed by atoms with Gasteiger partial charge in [0.2, 0.25) is 0 Å². The van der Waals surface area contributed by atoms with Crippen molar-refractivity contribution in [3.63, 3.8) is 0 Å². The Bertz CT molecular complexity index is 685. The number of hydrogen-bond acceptors (Lipinski definition) is 3. The van der Waals surface area contributed by atoms with Gasteiger partial charge in [-0.3, -0.25) is 0 Å². The Morgan fingerprint density at radius 2 is 1.74 bits per heavy atom. The number of aromatic hydroxyl groups is 2. The van der Waals surface area contributed by atoms with Crippen molar-refractivity contribution < 1.29 is 14.9 Å². The molecule has 0 saturated carbocycles. The largest absolute Gasteiger partial charge is 0.508 e. The molecule has 3 rings (SSSR count). The molecule has 3 nitrogen and oxygen atoms in total. The van der Waals surface area contributed by atoms with Gasteiger partial charge in [-0.15, -0.1) is 0 Å². The maximum absolute atomic E-state index is 9.83. The minimum atomic E-state index is -0.0432. The van der Waals surface area contributed by atoms with Crippen LogP contribution < -0.4 is 4.74 Å². The van der Waals surface area contributed by atoms with Crippen molar-refractivity contribution in [1.82, 2.24) is 0 Å². The molecule has 1 heterocycles. The molecule has 1 aliphatic heterocycles. The van der Waals surface area contributed by atoms with Gasteiger partial charge in [0, 0.05) is 17.7 Å². The second kappa shape index (κ2) is 4.21. The lowest BCUT2D eigenvalue weighted by Gasteiger charge is -2.21. The molecule has 0 fully saturated rings. The first-order chi connectivity index (χ1) is 9.15. The topological polar surface area (TPSA) is 49.7 Å². The van der Waals surface area contributed by atoms with E-state index in [1.807, 2.05) is 30.3 Å². The fourth-order valence-electron chi connectivity index (χ4n) is 2.11. The average molecular weight is 252 g/mol. The van der Waals surface area contributed by atoms with E-state index in [4.69, 9.17) is 4.74 Å². The summed E-state index contributed by atoms with van der Waals surface area (Å²) >= 11 is 0. The van der Waals surface area contributed by atoms with Crippen LogP contribution in [0.15, 0.2) is 55.1 Å². The van der Waals surface area contributed by atoms with Crippen LogP contribution in [-0.4, -0.2) is 10.2 Å². The Hall–Kier alpha value is -2.68. The molecule has 1 aliphatic rings. The highest BCUT2D eigenvalue weighted by atomic mass is 16.5. The number of rotatable bonds is 1. The molecule has 0 spiro atoms. The summed E-state index contributed by atoms with van der Waals surface area (Å²) in [7, 11) is 0. The Morgan fingerprint density at radius 1 is 1.00 bits per heavy atom. The molecule has 0 amide bonds. The number of allylic oxidation sites excluding steroid dienone is 2. The first-order valence-electron chi connectivity index (χ1n) is 5.85. The van der Waals surface area contributed by atoms with Crippen LogP contribution in [0, 0.1) is 0 Å². The van der Waals surface area contributed by atoms with E-state index < -0.39 is 0 Å². The van der Waals surface area contributed by atoms with Gasteiger partial charge in [-0.05, 0) is 11.6 Å². The van der Waals surface area contributed by atoms with Gasteiger partial charge in [-0.1, -0.05) is 36.9 Å². The summed E-state index contributed by atoms with van der Waals surface area (Å²) in [6, 6.07) is 12.3. The average Bonchev–Trinajstić information content (AvgIpc) is 2.38. The molecular formula is C16H12O3. The van der Waals surface area contributed by atoms with Crippen LogP contribution in [0.4, 0.5) is 0 Å². The monoisotopic (exact) mass is 252 g/mol. The van der Waals surface area contributed by atoms with E-state index in [-0.39, 0.29) is 11.5 Å². The SMILES string of the molecule is C=C1C=C(c2ccccc2)Oc2cc(O)cc(O)c21. The van der Waals surface area contributed by atoms with Crippen LogP contribution in [0.25, 0.3) is 11.3 Å². The number of ether oxygens (including phenoxy) is 1. The summed E-state index contributed by atoms with van der Waals surface area (Å²) < 4.78 is 5.73. The maximum Gasteiger partial charge on any atom is 0.142 e. The van der Waals surface area contributed by atoms with Gasteiger partial charge < -0.3 is 14.9 Å². The lowest BCUT2D eigenvalue weighted by molar-refractivity contribution is 0.434. The molecule has 19 heavy (non-hydrogen) atoms. The normalized spacial score (nSPS) is 13.5. The van der Waals surface area contributed by atoms with Gasteiger partial charge in [-0.25, -0.2) is 0 Å². The quantitative estimate of drug-likeness (QED) is 0.816. The second-order valence-corrected chi connectivity index (χ2v) is 4.34. The zero-order valence-electron chi connectivity index (χ0n) is 10.1. The molecule has 0 radical (unpaired) electrons. The van der Waals surface area contributed by atoms with E-state index in [0.717, 1.165) is 5.56 Å². The Morgan fingerprint density at radius 3 is 2.47 bits per heavy atom. The Balaban J connectivity index is 2.10. The third-order valence-electron chi connectivity index (χ3n) is 2.97. The van der Waals surface area contributed by atoms with Gasteiger partial charge in [0.25, 0.3) is 0 Å². The third-order valence-corrected chi connectivity index (χ3v) is 2.97. The molecule has 3 heteroatoms. The van der Waals surface area contributed by atoms with Crippen LogP contribution in [0.2, 0.25) is 0 Å². The number of benzene rings is 2. The minimum Gasteiger partial charge on any atom is -0.508 e. The molecule has 2 aromatic carbocycles. The van der Waals surface area contributed by atoms with Gasteiger partial charge in [-0.2, -0.15) is 0 Å². The van der Waals surface area contributed by atoms with Crippen molar-refractivity contribution >= 4 is 11.3 Å². The smallest absolute Gasteiger partial charge is 0.142 e. The molecule has 0 aliphatic carbocycles. The van der Waals surface area contributed by atoms with E-state index >= 15 is 0 Å². The van der Waals surface area contributed by atoms with Gasteiger partial charge >= 0.3 is 0 Å². The summed E-state index contributed by atoms with van der Waals surface area (Å²) in [5, 5.41) is 19.4. The van der Waals surface area contributed by atoms with Crippen molar-refractivity contribution in [3.05, 3.63) is 66.2 Å². The lowest BCUT2D eigenvalue weighted by Crippen LogP contribution is -2.03. The fourth-order valence-corrected chi connectivity index (χ4v) is 2.11. The summed E-state index contributed by atoms with van der Waals surface area (Å²) in [4.78, 5) is 0. The van der Waals surface area contributed by atoms with Crippen molar-refractivity contribution in [2.75, 3.05) is 0 Å². The molecule has 0 saturated heterocycles. The highest BCUT2D eigenvalue weighted by Gasteiger charge is 2.20. The number of fused-ring (bicyclic) bond motifs is 1. The number of phenolic OH excluding ortho intramolecular Hbond substituents is 2. The highest BCUT2D eigenvalue weighted by Crippen LogP contribution is 2.43. The summed E-state index contributed by atoms with van der Waals surface area (Å²) in [5.74, 6) is 0.966. The molecule has 0 bridgehead atoms. The summed E-state index contributed by atoms with van der Waals surface area (Å²) in [6.45, 7) is 3.92. The van der Waals surface area contributed by atoms with Crippen LogP contribution in [0.1, 0.15) is 11.1 Å². The zero-order valence-corrected chi connectivity index (χ0v) is 10.1. The van der Waals surface area contributed by atoms with Crippen LogP contribution >= 0.6 is 0 Å². The fraction of sp³-hybridized carbons (Fsp3) is 0. The van der Waals surface area contributed by atoms with E-state index in [1.165, 1.54) is 12.1 Å². The number of phenols is 2. The molecule has 2 N–H and O–H groups in total. The van der Waals surface area contributed by atoms with Crippen LogP contribution in [-0.2, 0) is 0 Å². The molecular weight excluding hydrogens is 240 g/mol. The van der Waals surface area contributed by atoms with Crippen molar-refractivity contribution in [2.24, 2.45) is 0 Å². The zero-order chi connectivity index (χ0) is 13.4. The Labute approximate surface area is 110 Å². The second-order valence-electron chi connectivity index (χ2n) is 4.34. The molecule has 2 aromatic rings. The van der Waals surface area contributed by atoms with Crippen molar-refractivity contribution in [1.29, 1.82) is 0 Å². The molecule has 0 atom stereocenters. The van der Waals surface area contributed by atoms with Gasteiger partial charge in [0.1, 0.15) is 23.0 Å². The highest BCUT2D eigenvalue weighted by molar-refractivity contribution is 5.89. The van der Waals surface area contributed by atoms with E-state index in [2.05, 4.69) is 6.58 Å². The number of hydrogen-bond donors (Lipinski definition) is 2. The summed E-state index contributed by atoms with van der Waals surface area (Å²) in [6.07, 6.45) is 1.77. The van der Waals surface area contributed by atoms with Gasteiger partial charge in [0.05, 0.1) is 5.56 Å². The van der Waals surface area contributed by atoms with Crippen LogP contribution in [0.5, 0.6) is 17.2 Å². The van der Waals surface area contributed by atoms with Crippen molar-refractivity contribution in [3.8, 4) is 17.2 Å². The molecule has 94 valence electrons. The standard InChI is InChI=1S/C16H12O3/c1-10-7-14(11-5-3-2-4-6-11)19-15-9-12(17)8-13(18)16(10)15/h2-9,17-18H,1H2. The van der Waals surface area contributed by atoms with Crippen molar-refractivity contribution in [2.45, 2.75) is 0 Å².